The van der Waals surface area contributed by atoms with Gasteiger partial charge in [0.1, 0.15) is 12.4 Å². The number of nitrogens with zero attached hydrogens (tertiary/aromatic N) is 7. The Labute approximate surface area is 228 Å². The van der Waals surface area contributed by atoms with Gasteiger partial charge in [-0.2, -0.15) is 15.2 Å². The van der Waals surface area contributed by atoms with Gasteiger partial charge in [0, 0.05) is 48.9 Å². The summed E-state index contributed by atoms with van der Waals surface area (Å²) in [5, 5.41) is 21.4. The van der Waals surface area contributed by atoms with E-state index in [1.165, 1.54) is 15.7 Å². The Balaban J connectivity index is 1.33. The fourth-order valence-corrected chi connectivity index (χ4v) is 6.14. The molecule has 1 aromatic heterocycles. The summed E-state index contributed by atoms with van der Waals surface area (Å²) in [6, 6.07) is 17.2. The maximum atomic E-state index is 11.8. The van der Waals surface area contributed by atoms with E-state index in [2.05, 4.69) is 64.2 Å². The Morgan fingerprint density at radius 3 is 2.72 bits per heavy atom. The van der Waals surface area contributed by atoms with Crippen LogP contribution in [0.4, 0.5) is 16.3 Å². The van der Waals surface area contributed by atoms with Crippen molar-refractivity contribution in [2.75, 3.05) is 49.6 Å². The number of hydrogen-bond acceptors (Lipinski definition) is 8. The van der Waals surface area contributed by atoms with Crippen LogP contribution in [0.25, 0.3) is 10.8 Å². The zero-order valence-electron chi connectivity index (χ0n) is 22.2. The predicted molar refractivity (Wildman–Crippen MR) is 148 cm³/mol. The number of carbonyl (C=O) groups is 1. The molecule has 10 heteroatoms. The molecule has 0 bridgehead atoms. The van der Waals surface area contributed by atoms with Gasteiger partial charge in [0.15, 0.2) is 0 Å². The molecule has 39 heavy (non-hydrogen) atoms. The molecule has 202 valence electrons. The molecular formula is C29H33N7O3. The third kappa shape index (κ3) is 4.90. The average Bonchev–Trinajstić information content (AvgIpc) is 3.56. The van der Waals surface area contributed by atoms with Crippen LogP contribution in [0.5, 0.6) is 6.01 Å². The maximum absolute atomic E-state index is 11.8. The van der Waals surface area contributed by atoms with Gasteiger partial charge in [-0.3, -0.25) is 0 Å². The fraction of sp³-hybridized carbons (Fsp3) is 0.448. The molecule has 2 fully saturated rings. The molecule has 10 nitrogen and oxygen atoms in total. The molecule has 0 aliphatic carbocycles. The van der Waals surface area contributed by atoms with Gasteiger partial charge in [-0.1, -0.05) is 36.4 Å². The minimum absolute atomic E-state index is 0.134. The smallest absolute Gasteiger partial charge is 0.407 e. The molecule has 2 aromatic carbocycles. The molecule has 3 aliphatic heterocycles. The minimum atomic E-state index is -0.991. The Morgan fingerprint density at radius 2 is 1.92 bits per heavy atom. The van der Waals surface area contributed by atoms with E-state index in [0.29, 0.717) is 51.4 Å². The molecule has 1 N–H and O–H groups in total. The van der Waals surface area contributed by atoms with E-state index in [1.54, 1.807) is 0 Å². The standard InChI is InChI=1S/C29H33N7O3/c1-33-13-5-8-22(33)19-39-28-31-25-18-35(26-10-4-7-20-6-2-3-9-23(20)26)17-24(25)27(32-28)34-14-15-36(29(37)38)21(16-34)11-12-30/h2-4,6-7,9-10,21-22H,5,8,11,13-19H2,1H3,(H,37,38)/t21-,22-/m0/s1. The molecule has 2 atom stereocenters. The number of likely N-dealkylation sites (tertiary alicyclic amines) is 1. The van der Waals surface area contributed by atoms with Gasteiger partial charge in [0.2, 0.25) is 0 Å². The number of ether oxygens (including phenoxy) is 1. The molecule has 6 rings (SSSR count). The molecule has 0 radical (unpaired) electrons. The monoisotopic (exact) mass is 527 g/mol. The van der Waals surface area contributed by atoms with Crippen molar-refractivity contribution >= 4 is 28.4 Å². The summed E-state index contributed by atoms with van der Waals surface area (Å²) < 4.78 is 6.20. The zero-order valence-corrected chi connectivity index (χ0v) is 22.2. The predicted octanol–water partition coefficient (Wildman–Crippen LogP) is 3.71. The van der Waals surface area contributed by atoms with Crippen LogP contribution >= 0.6 is 0 Å². The van der Waals surface area contributed by atoms with Gasteiger partial charge in [-0.15, -0.1) is 0 Å². The van der Waals surface area contributed by atoms with Gasteiger partial charge in [0.05, 0.1) is 30.8 Å². The Bertz CT molecular complexity index is 1420. The first-order valence-corrected chi connectivity index (χ1v) is 13.6. The third-order valence-electron chi connectivity index (χ3n) is 8.28. The van der Waals surface area contributed by atoms with Gasteiger partial charge >= 0.3 is 12.1 Å². The summed E-state index contributed by atoms with van der Waals surface area (Å²) >= 11 is 0. The molecule has 3 aliphatic rings. The second kappa shape index (κ2) is 10.6. The van der Waals surface area contributed by atoms with Gasteiger partial charge in [0.25, 0.3) is 0 Å². The van der Waals surface area contributed by atoms with E-state index in [-0.39, 0.29) is 6.42 Å². The van der Waals surface area contributed by atoms with Crippen LogP contribution in [0, 0.1) is 11.3 Å². The molecule has 0 spiro atoms. The number of hydrogen-bond donors (Lipinski definition) is 1. The highest BCUT2D eigenvalue weighted by atomic mass is 16.5. The number of nitriles is 1. The molecular weight excluding hydrogens is 494 g/mol. The van der Waals surface area contributed by atoms with Crippen molar-refractivity contribution in [1.29, 1.82) is 5.26 Å². The lowest BCUT2D eigenvalue weighted by Gasteiger charge is -2.40. The van der Waals surface area contributed by atoms with E-state index in [0.717, 1.165) is 42.1 Å². The molecule has 1 amide bonds. The number of carboxylic acid groups (broad SMARTS) is 1. The van der Waals surface area contributed by atoms with Crippen molar-refractivity contribution in [2.24, 2.45) is 0 Å². The van der Waals surface area contributed by atoms with Crippen LogP contribution in [-0.2, 0) is 13.1 Å². The summed E-state index contributed by atoms with van der Waals surface area (Å²) in [7, 11) is 2.12. The highest BCUT2D eigenvalue weighted by Crippen LogP contribution is 2.37. The summed E-state index contributed by atoms with van der Waals surface area (Å²) in [4.78, 5) is 29.7. The summed E-state index contributed by atoms with van der Waals surface area (Å²) in [5.74, 6) is 0.783. The number of likely N-dealkylation sites (N-methyl/N-ethyl adjacent to an activating group) is 1. The van der Waals surface area contributed by atoms with Crippen LogP contribution in [0.1, 0.15) is 30.5 Å². The normalized spacial score (nSPS) is 21.3. The molecule has 2 saturated heterocycles. The number of amides is 1. The quantitative estimate of drug-likeness (QED) is 0.513. The van der Waals surface area contributed by atoms with Crippen LogP contribution in [0.3, 0.4) is 0 Å². The molecule has 3 aromatic rings. The Hall–Kier alpha value is -4.10. The van der Waals surface area contributed by atoms with Gasteiger partial charge < -0.3 is 29.4 Å². The second-order valence-electron chi connectivity index (χ2n) is 10.6. The number of piperazine rings is 1. The fourth-order valence-electron chi connectivity index (χ4n) is 6.14. The third-order valence-corrected chi connectivity index (χ3v) is 8.28. The zero-order chi connectivity index (χ0) is 26.9. The van der Waals surface area contributed by atoms with Crippen LogP contribution in [0.2, 0.25) is 0 Å². The lowest BCUT2D eigenvalue weighted by Crippen LogP contribution is -2.55. The highest BCUT2D eigenvalue weighted by molar-refractivity contribution is 5.94. The van der Waals surface area contributed by atoms with Crippen molar-refractivity contribution in [3.05, 3.63) is 53.7 Å². The molecule has 0 saturated carbocycles. The van der Waals surface area contributed by atoms with E-state index < -0.39 is 12.1 Å². The maximum Gasteiger partial charge on any atom is 0.407 e. The second-order valence-corrected chi connectivity index (χ2v) is 10.6. The number of aromatic nitrogens is 2. The largest absolute Gasteiger partial charge is 0.465 e. The number of anilines is 2. The van der Waals surface area contributed by atoms with Crippen molar-refractivity contribution in [3.63, 3.8) is 0 Å². The first-order valence-electron chi connectivity index (χ1n) is 13.6. The van der Waals surface area contributed by atoms with Crippen molar-refractivity contribution < 1.29 is 14.6 Å². The van der Waals surface area contributed by atoms with Crippen molar-refractivity contribution in [3.8, 4) is 12.1 Å². The Morgan fingerprint density at radius 1 is 1.08 bits per heavy atom. The Kier molecular flexibility index (Phi) is 6.83. The summed E-state index contributed by atoms with van der Waals surface area (Å²) in [6.07, 6.45) is 1.40. The average molecular weight is 528 g/mol. The molecule has 0 unspecified atom stereocenters. The highest BCUT2D eigenvalue weighted by Gasteiger charge is 2.35. The van der Waals surface area contributed by atoms with E-state index in [1.807, 2.05) is 6.07 Å². The summed E-state index contributed by atoms with van der Waals surface area (Å²) in [6.45, 7) is 4.10. The lowest BCUT2D eigenvalue weighted by molar-refractivity contribution is 0.119. The van der Waals surface area contributed by atoms with E-state index in [4.69, 9.17) is 14.7 Å². The van der Waals surface area contributed by atoms with E-state index >= 15 is 0 Å². The number of fused-ring (bicyclic) bond motifs is 2. The minimum Gasteiger partial charge on any atom is -0.465 e. The first-order chi connectivity index (χ1) is 19.0. The first kappa shape index (κ1) is 25.2. The van der Waals surface area contributed by atoms with Crippen molar-refractivity contribution in [1.82, 2.24) is 19.8 Å². The van der Waals surface area contributed by atoms with Crippen LogP contribution in [-0.4, -0.2) is 82.9 Å². The van der Waals surface area contributed by atoms with Gasteiger partial charge in [-0.25, -0.2) is 4.79 Å². The van der Waals surface area contributed by atoms with Crippen LogP contribution in [0.15, 0.2) is 42.5 Å². The van der Waals surface area contributed by atoms with Gasteiger partial charge in [-0.05, 0) is 37.9 Å². The van der Waals surface area contributed by atoms with Crippen LogP contribution < -0.4 is 14.5 Å². The number of rotatable bonds is 6. The summed E-state index contributed by atoms with van der Waals surface area (Å²) in [5.41, 5.74) is 3.11. The molecule has 4 heterocycles. The lowest BCUT2D eigenvalue weighted by atomic mass is 10.1. The number of benzene rings is 2. The van der Waals surface area contributed by atoms with Crippen molar-refractivity contribution in [2.45, 2.75) is 44.4 Å². The SMILES string of the molecule is CN1CCC[C@H]1COc1nc2c(c(N3CCN(C(=O)O)[C@@H](CC#N)C3)n1)CN(c1cccc3ccccc13)C2. The topological polar surface area (TPSA) is 109 Å². The van der Waals surface area contributed by atoms with E-state index in [9.17, 15) is 15.2 Å².